The van der Waals surface area contributed by atoms with E-state index >= 15 is 0 Å². The van der Waals surface area contributed by atoms with E-state index in [1.165, 1.54) is 0 Å². The van der Waals surface area contributed by atoms with Crippen LogP contribution in [0.3, 0.4) is 0 Å². The monoisotopic (exact) mass is 656 g/mol. The van der Waals surface area contributed by atoms with Gasteiger partial charge in [-0.2, -0.15) is 0 Å². The van der Waals surface area contributed by atoms with Gasteiger partial charge in [-0.3, -0.25) is 0 Å². The van der Waals surface area contributed by atoms with Gasteiger partial charge in [-0.1, -0.05) is 186 Å². The standard InChI is InChI=1S/C8Cl16/c9-1(10)3(13,14)5(17,18)7(21,22)8(23,24)6(19,20)4(15,16)2(11)12. The molecule has 0 saturated heterocycles. The highest BCUT2D eigenvalue weighted by Gasteiger charge is 2.78. The van der Waals surface area contributed by atoms with Gasteiger partial charge in [-0.15, -0.1) is 0 Å². The van der Waals surface area contributed by atoms with Gasteiger partial charge in [-0.05, 0) is 0 Å². The van der Waals surface area contributed by atoms with Gasteiger partial charge in [0.15, 0.2) is 35.7 Å². The molecule has 0 aromatic carbocycles. The first kappa shape index (κ1) is 28.6. The first-order chi connectivity index (χ1) is 10.1. The highest BCUT2D eigenvalue weighted by Crippen LogP contribution is 2.71. The van der Waals surface area contributed by atoms with Crippen LogP contribution in [0, 0.1) is 9.67 Å². The van der Waals surface area contributed by atoms with Crippen LogP contribution in [0.2, 0.25) is 0 Å². The molecule has 0 aliphatic carbocycles. The quantitative estimate of drug-likeness (QED) is 0.238. The van der Waals surface area contributed by atoms with Crippen LogP contribution < -0.4 is 0 Å². The normalized spacial score (nSPS) is 16.2. The zero-order valence-electron chi connectivity index (χ0n) is 10.0. The molecule has 16 heteroatoms. The van der Waals surface area contributed by atoms with Crippen LogP contribution in [0.4, 0.5) is 0 Å². The lowest BCUT2D eigenvalue weighted by atomic mass is 10.1. The van der Waals surface area contributed by atoms with Crippen molar-refractivity contribution in [2.75, 3.05) is 0 Å². The minimum absolute atomic E-state index is 0.759. The first-order valence-corrected chi connectivity index (χ1v) is 10.8. The van der Waals surface area contributed by atoms with E-state index < -0.39 is 35.7 Å². The maximum absolute atomic E-state index is 6.10. The lowest BCUT2D eigenvalue weighted by molar-refractivity contribution is 0.500. The number of hydrogen-bond acceptors (Lipinski definition) is 0. The van der Waals surface area contributed by atoms with E-state index in [2.05, 4.69) is 0 Å². The smallest absolute Gasteiger partial charge is 0.0946 e. The van der Waals surface area contributed by atoms with E-state index in [1.807, 2.05) is 0 Å². The van der Waals surface area contributed by atoms with Gasteiger partial charge < -0.3 is 0 Å². The Morgan fingerprint density at radius 2 is 0.500 bits per heavy atom. The molecule has 0 aliphatic rings. The van der Waals surface area contributed by atoms with Crippen molar-refractivity contribution >= 4 is 186 Å². The molecule has 0 spiro atoms. The Bertz CT molecular complexity index is 405. The molecule has 0 aromatic heterocycles. The number of hydrogen-bond donors (Lipinski definition) is 0. The molecule has 0 bridgehead atoms. The van der Waals surface area contributed by atoms with Gasteiger partial charge in [-0.25, -0.2) is 0 Å². The third-order valence-corrected chi connectivity index (χ3v) is 12.7. The maximum Gasteiger partial charge on any atom is 0.189 e. The lowest BCUT2D eigenvalue weighted by Gasteiger charge is -2.51. The van der Waals surface area contributed by atoms with Crippen molar-refractivity contribution in [3.05, 3.63) is 9.67 Å². The summed E-state index contributed by atoms with van der Waals surface area (Å²) in [5, 5.41) is 0. The summed E-state index contributed by atoms with van der Waals surface area (Å²) in [6.45, 7) is 0. The summed E-state index contributed by atoms with van der Waals surface area (Å²) in [6, 6.07) is 0. The summed E-state index contributed by atoms with van der Waals surface area (Å²) >= 11 is 94.3. The highest BCUT2D eigenvalue weighted by atomic mass is 35.6. The molecule has 0 unspecified atom stereocenters. The van der Waals surface area contributed by atoms with Gasteiger partial charge in [0.05, 0.1) is 0 Å². The fourth-order valence-electron chi connectivity index (χ4n) is 1.03. The topological polar surface area (TPSA) is 0 Å². The Hall–Kier alpha value is 4.64. The van der Waals surface area contributed by atoms with Gasteiger partial charge in [0.25, 0.3) is 0 Å². The van der Waals surface area contributed by atoms with Crippen molar-refractivity contribution in [1.29, 1.82) is 0 Å². The van der Waals surface area contributed by atoms with Crippen LogP contribution in [0.1, 0.15) is 0 Å². The summed E-state index contributed by atoms with van der Waals surface area (Å²) in [5.41, 5.74) is 0. The Balaban J connectivity index is 6.38. The van der Waals surface area contributed by atoms with Crippen molar-refractivity contribution in [2.24, 2.45) is 0 Å². The van der Waals surface area contributed by atoms with Gasteiger partial charge in [0, 0.05) is 0 Å². The Morgan fingerprint density at radius 1 is 0.333 bits per heavy atom. The van der Waals surface area contributed by atoms with Crippen LogP contribution in [-0.2, 0) is 0 Å². The van der Waals surface area contributed by atoms with Crippen molar-refractivity contribution in [3.63, 3.8) is 0 Å². The molecule has 0 atom stereocenters. The van der Waals surface area contributed by atoms with Crippen LogP contribution in [-0.4, -0.2) is 26.0 Å². The third kappa shape index (κ3) is 4.61. The molecule has 0 fully saturated rings. The maximum atomic E-state index is 6.10. The molecule has 0 N–H and O–H groups in total. The minimum atomic E-state index is -2.83. The van der Waals surface area contributed by atoms with Gasteiger partial charge >= 0.3 is 0 Å². The number of rotatable bonds is 7. The molecule has 0 aromatic rings. The van der Waals surface area contributed by atoms with E-state index in [1.54, 1.807) is 0 Å². The second-order valence-corrected chi connectivity index (χ2v) is 13.8. The number of alkyl halides is 12. The average molecular weight is 663 g/mol. The predicted octanol–water partition coefficient (Wildman–Crippen LogP) is 9.96. The first-order valence-electron chi connectivity index (χ1n) is 4.77. The fourth-order valence-corrected chi connectivity index (χ4v) is 5.40. The molecule has 0 rings (SSSR count). The molecule has 24 heavy (non-hydrogen) atoms. The lowest BCUT2D eigenvalue weighted by Crippen LogP contribution is -2.67. The van der Waals surface area contributed by atoms with Gasteiger partial charge in [0.1, 0.15) is 0 Å². The van der Waals surface area contributed by atoms with Crippen LogP contribution in [0.15, 0.2) is 0 Å². The van der Waals surface area contributed by atoms with Crippen molar-refractivity contribution in [1.82, 2.24) is 0 Å². The fraction of sp³-hybridized carbons (Fsp3) is 0.750. The molecular weight excluding hydrogens is 663 g/mol. The SMILES string of the molecule is Cl[C](Cl)C(Cl)(Cl)C(Cl)(Cl)C(Cl)(Cl)C(Cl)(Cl)C(Cl)(Cl)C(Cl)(Cl)[C](Cl)Cl. The van der Waals surface area contributed by atoms with Crippen LogP contribution in [0.25, 0.3) is 0 Å². The van der Waals surface area contributed by atoms with Crippen LogP contribution in [0.5, 0.6) is 0 Å². The summed E-state index contributed by atoms with van der Waals surface area (Å²) in [7, 11) is 0. The summed E-state index contributed by atoms with van der Waals surface area (Å²) in [6.07, 6.45) is 0. The van der Waals surface area contributed by atoms with E-state index in [9.17, 15) is 0 Å². The predicted molar refractivity (Wildman–Crippen MR) is 117 cm³/mol. The second kappa shape index (κ2) is 9.02. The molecule has 144 valence electrons. The van der Waals surface area contributed by atoms with Crippen LogP contribution >= 0.6 is 186 Å². The average Bonchev–Trinajstić information content (AvgIpc) is 2.36. The van der Waals surface area contributed by atoms with Crippen molar-refractivity contribution < 1.29 is 0 Å². The van der Waals surface area contributed by atoms with E-state index in [4.69, 9.17) is 186 Å². The Morgan fingerprint density at radius 3 is 0.625 bits per heavy atom. The van der Waals surface area contributed by atoms with Crippen molar-refractivity contribution in [3.8, 4) is 0 Å². The van der Waals surface area contributed by atoms with E-state index in [0.29, 0.717) is 0 Å². The molecule has 0 nitrogen and oxygen atoms in total. The molecule has 0 heterocycles. The second-order valence-electron chi connectivity index (χ2n) is 3.97. The van der Waals surface area contributed by atoms with Crippen molar-refractivity contribution in [2.45, 2.75) is 26.0 Å². The zero-order valence-corrected chi connectivity index (χ0v) is 22.1. The van der Waals surface area contributed by atoms with E-state index in [0.717, 1.165) is 0 Å². The summed E-state index contributed by atoms with van der Waals surface area (Å²) in [4.78, 5) is -1.52. The highest BCUT2D eigenvalue weighted by molar-refractivity contribution is 6.81. The molecule has 0 amide bonds. The van der Waals surface area contributed by atoms with Gasteiger partial charge in [0.2, 0.25) is 0 Å². The summed E-state index contributed by atoms with van der Waals surface area (Å²) in [5.74, 6) is 0. The number of halogens is 16. The Labute approximate surface area is 218 Å². The largest absolute Gasteiger partial charge is 0.189 e. The minimum Gasteiger partial charge on any atom is -0.0946 e. The molecule has 0 saturated carbocycles. The molecule has 2 radical (unpaired) electrons. The summed E-state index contributed by atoms with van der Waals surface area (Å²) < 4.78 is -16.1. The molecular formula is C8Cl16. The third-order valence-electron chi connectivity index (χ3n) is 2.45. The Kier molecular flexibility index (Phi) is 10.8. The van der Waals surface area contributed by atoms with E-state index in [-0.39, 0.29) is 0 Å². The zero-order chi connectivity index (χ0) is 20.2. The molecule has 0 aliphatic heterocycles.